The molecular formula is C30H24N6O3S. The van der Waals surface area contributed by atoms with Gasteiger partial charge in [0.05, 0.1) is 16.1 Å². The van der Waals surface area contributed by atoms with Crippen molar-refractivity contribution >= 4 is 39.7 Å². The van der Waals surface area contributed by atoms with Gasteiger partial charge in [0.1, 0.15) is 11.5 Å². The average Bonchev–Trinajstić information content (AvgIpc) is 3.69. The van der Waals surface area contributed by atoms with Crippen molar-refractivity contribution in [3.8, 4) is 16.5 Å². The van der Waals surface area contributed by atoms with Gasteiger partial charge < -0.3 is 10.3 Å². The van der Waals surface area contributed by atoms with Gasteiger partial charge in [0.25, 0.3) is 17.2 Å². The van der Waals surface area contributed by atoms with E-state index in [1.165, 1.54) is 16.0 Å². The molecule has 198 valence electrons. The summed E-state index contributed by atoms with van der Waals surface area (Å²) < 4.78 is 1.35. The minimum atomic E-state index is -0.827. The number of aromatic amines is 2. The number of Topliss-reactive ketones (excluding diaryl/α,β-unsaturated/α-hetero) is 1. The van der Waals surface area contributed by atoms with Crippen molar-refractivity contribution in [2.24, 2.45) is 0 Å². The predicted molar refractivity (Wildman–Crippen MR) is 155 cm³/mol. The van der Waals surface area contributed by atoms with Crippen molar-refractivity contribution in [1.82, 2.24) is 24.7 Å². The van der Waals surface area contributed by atoms with Gasteiger partial charge in [-0.15, -0.1) is 11.3 Å². The van der Waals surface area contributed by atoms with Gasteiger partial charge in [0, 0.05) is 34.6 Å². The summed E-state index contributed by atoms with van der Waals surface area (Å²) in [6, 6.07) is 22.4. The van der Waals surface area contributed by atoms with E-state index in [1.807, 2.05) is 66.0 Å². The van der Waals surface area contributed by atoms with E-state index in [1.54, 1.807) is 26.0 Å². The number of carbonyl (C=O) groups excluding carboxylic acids is 2. The zero-order chi connectivity index (χ0) is 27.8. The van der Waals surface area contributed by atoms with Crippen molar-refractivity contribution in [3.05, 3.63) is 117 Å². The fraction of sp³-hybridized carbons (Fsp3) is 0.100. The molecule has 0 aliphatic carbocycles. The second kappa shape index (κ2) is 10.2. The van der Waals surface area contributed by atoms with Crippen LogP contribution in [0.2, 0.25) is 0 Å². The van der Waals surface area contributed by atoms with Gasteiger partial charge in [-0.1, -0.05) is 54.6 Å². The highest BCUT2D eigenvalue weighted by molar-refractivity contribution is 7.13. The van der Waals surface area contributed by atoms with Crippen molar-refractivity contribution in [2.45, 2.75) is 20.3 Å². The Kier molecular flexibility index (Phi) is 6.45. The van der Waals surface area contributed by atoms with E-state index in [9.17, 15) is 14.4 Å². The summed E-state index contributed by atoms with van der Waals surface area (Å²) in [5.41, 5.74) is 4.01. The van der Waals surface area contributed by atoms with Crippen molar-refractivity contribution in [1.29, 1.82) is 0 Å². The minimum Gasteiger partial charge on any atom is -0.358 e. The maximum Gasteiger partial charge on any atom is 0.298 e. The summed E-state index contributed by atoms with van der Waals surface area (Å²) >= 11 is 1.48. The number of rotatable bonds is 7. The molecule has 0 fully saturated rings. The Bertz CT molecular complexity index is 1930. The molecule has 6 rings (SSSR count). The second-order valence-corrected chi connectivity index (χ2v) is 10.3. The van der Waals surface area contributed by atoms with Crippen LogP contribution in [0.1, 0.15) is 32.9 Å². The quantitative estimate of drug-likeness (QED) is 0.187. The number of amides is 1. The maximum atomic E-state index is 13.3. The zero-order valence-corrected chi connectivity index (χ0v) is 22.5. The van der Waals surface area contributed by atoms with Crippen LogP contribution < -0.4 is 10.9 Å². The van der Waals surface area contributed by atoms with E-state index in [-0.39, 0.29) is 17.3 Å². The molecule has 40 heavy (non-hydrogen) atoms. The Balaban J connectivity index is 1.38. The van der Waals surface area contributed by atoms with Crippen LogP contribution in [0, 0.1) is 13.8 Å². The van der Waals surface area contributed by atoms with Crippen molar-refractivity contribution in [2.75, 3.05) is 5.32 Å². The molecule has 0 radical (unpaired) electrons. The standard InChI is InChI=1S/C30H24N6O3S/c1-17-21(15-19-9-4-3-5-10-19)28(38)34-30(32-17)36-25(16-23(35-36)24-13-8-14-40-24)33-29(39)27(37)26-18(2)31-22-12-7-6-11-20(22)26/h3-14,16,31H,15H2,1-2H3,(H,33,39)(H,32,34,38). The van der Waals surface area contributed by atoms with Crippen LogP contribution in [0.5, 0.6) is 0 Å². The highest BCUT2D eigenvalue weighted by atomic mass is 32.1. The third-order valence-corrected chi connectivity index (χ3v) is 7.58. The lowest BCUT2D eigenvalue weighted by Gasteiger charge is -2.10. The third kappa shape index (κ3) is 4.65. The molecule has 4 aromatic heterocycles. The van der Waals surface area contributed by atoms with E-state index >= 15 is 0 Å². The van der Waals surface area contributed by atoms with Crippen molar-refractivity contribution in [3.63, 3.8) is 0 Å². The summed E-state index contributed by atoms with van der Waals surface area (Å²) in [7, 11) is 0. The average molecular weight is 549 g/mol. The zero-order valence-electron chi connectivity index (χ0n) is 21.7. The number of ketones is 1. The molecule has 0 bridgehead atoms. The second-order valence-electron chi connectivity index (χ2n) is 9.37. The fourth-order valence-electron chi connectivity index (χ4n) is 4.74. The van der Waals surface area contributed by atoms with Crippen LogP contribution in [0.25, 0.3) is 27.4 Å². The molecule has 3 N–H and O–H groups in total. The van der Waals surface area contributed by atoms with Crippen LogP contribution in [-0.4, -0.2) is 36.4 Å². The number of H-pyrrole nitrogens is 2. The van der Waals surface area contributed by atoms with Gasteiger partial charge in [-0.25, -0.2) is 4.98 Å². The number of hydrogen-bond donors (Lipinski definition) is 3. The number of nitrogens with zero attached hydrogens (tertiary/aromatic N) is 3. The third-order valence-electron chi connectivity index (χ3n) is 6.69. The van der Waals surface area contributed by atoms with Gasteiger partial charge in [0.15, 0.2) is 0 Å². The summed E-state index contributed by atoms with van der Waals surface area (Å²) in [5, 5.41) is 9.91. The molecular weight excluding hydrogens is 524 g/mol. The highest BCUT2D eigenvalue weighted by Gasteiger charge is 2.25. The number of benzene rings is 2. The van der Waals surface area contributed by atoms with Crippen molar-refractivity contribution < 1.29 is 9.59 Å². The molecule has 0 aliphatic rings. The number of nitrogens with one attached hydrogen (secondary N) is 3. The first-order valence-electron chi connectivity index (χ1n) is 12.6. The van der Waals surface area contributed by atoms with Gasteiger partial charge in [0.2, 0.25) is 5.95 Å². The smallest absolute Gasteiger partial charge is 0.298 e. The molecule has 0 spiro atoms. The lowest BCUT2D eigenvalue weighted by molar-refractivity contribution is -0.112. The molecule has 0 saturated heterocycles. The van der Waals surface area contributed by atoms with E-state index in [4.69, 9.17) is 0 Å². The minimum absolute atomic E-state index is 0.133. The fourth-order valence-corrected chi connectivity index (χ4v) is 5.42. The number of aromatic nitrogens is 5. The van der Waals surface area contributed by atoms with Crippen LogP contribution in [0.15, 0.2) is 83.0 Å². The number of para-hydroxylation sites is 1. The number of hydrogen-bond acceptors (Lipinski definition) is 6. The Morgan fingerprint density at radius 3 is 2.50 bits per heavy atom. The van der Waals surface area contributed by atoms with Crippen LogP contribution in [-0.2, 0) is 11.2 Å². The molecule has 4 heterocycles. The molecule has 10 heteroatoms. The topological polar surface area (TPSA) is 126 Å². The Morgan fingerprint density at radius 2 is 1.75 bits per heavy atom. The Labute approximate surface area is 232 Å². The van der Waals surface area contributed by atoms with E-state index in [0.717, 1.165) is 16.0 Å². The van der Waals surface area contributed by atoms with Gasteiger partial charge in [-0.05, 0) is 36.9 Å². The SMILES string of the molecule is Cc1nc(-n2nc(-c3cccs3)cc2NC(=O)C(=O)c2c(C)[nH]c3ccccc23)[nH]c(=O)c1Cc1ccccc1. The van der Waals surface area contributed by atoms with Gasteiger partial charge >= 0.3 is 0 Å². The predicted octanol–water partition coefficient (Wildman–Crippen LogP) is 5.19. The monoisotopic (exact) mass is 548 g/mol. The first-order chi connectivity index (χ1) is 19.4. The molecule has 1 amide bonds. The molecule has 2 aromatic carbocycles. The highest BCUT2D eigenvalue weighted by Crippen LogP contribution is 2.28. The van der Waals surface area contributed by atoms with Crippen LogP contribution in [0.4, 0.5) is 5.82 Å². The normalized spacial score (nSPS) is 11.2. The summed E-state index contributed by atoms with van der Waals surface area (Å²) in [4.78, 5) is 51.2. The largest absolute Gasteiger partial charge is 0.358 e. The molecule has 0 saturated carbocycles. The number of fused-ring (bicyclic) bond motifs is 1. The number of carbonyl (C=O) groups is 2. The van der Waals surface area contributed by atoms with E-state index < -0.39 is 11.7 Å². The molecule has 0 aliphatic heterocycles. The van der Waals surface area contributed by atoms with Gasteiger partial charge in [-0.3, -0.25) is 19.4 Å². The number of anilines is 1. The first kappa shape index (κ1) is 25.2. The lowest BCUT2D eigenvalue weighted by Crippen LogP contribution is -2.26. The van der Waals surface area contributed by atoms with Gasteiger partial charge in [-0.2, -0.15) is 9.78 Å². The molecule has 6 aromatic rings. The Morgan fingerprint density at radius 1 is 0.975 bits per heavy atom. The Hall–Kier alpha value is -5.09. The number of thiophene rings is 1. The molecule has 9 nitrogen and oxygen atoms in total. The first-order valence-corrected chi connectivity index (χ1v) is 13.5. The van der Waals surface area contributed by atoms with E-state index in [2.05, 4.69) is 25.4 Å². The molecule has 0 unspecified atom stereocenters. The maximum absolute atomic E-state index is 13.3. The summed E-state index contributed by atoms with van der Waals surface area (Å²) in [6.07, 6.45) is 0.427. The van der Waals surface area contributed by atoms with Crippen LogP contribution in [0.3, 0.4) is 0 Å². The lowest BCUT2D eigenvalue weighted by atomic mass is 10.1. The number of aryl methyl sites for hydroxylation is 2. The molecule has 0 atom stereocenters. The summed E-state index contributed by atoms with van der Waals surface area (Å²) in [5.74, 6) is -1.17. The summed E-state index contributed by atoms with van der Waals surface area (Å²) in [6.45, 7) is 3.52. The van der Waals surface area contributed by atoms with E-state index in [0.29, 0.717) is 40.0 Å². The van der Waals surface area contributed by atoms with Crippen LogP contribution >= 0.6 is 11.3 Å².